The number of nitrogens with two attached hydrogens (primary N) is 1. The summed E-state index contributed by atoms with van der Waals surface area (Å²) in [5, 5.41) is 0. The highest BCUT2D eigenvalue weighted by Gasteiger charge is 2.33. The standard InChI is InChI=1S/C13H21N3O/c1-4-17-13-11(14)5-6-12(15-13)16(3)8-10-7-9(10)2/h5-6,9-10H,4,7-8,14H2,1-3H3. The molecule has 17 heavy (non-hydrogen) atoms. The van der Waals surface area contributed by atoms with Crippen molar-refractivity contribution in [2.45, 2.75) is 20.3 Å². The van der Waals surface area contributed by atoms with Crippen LogP contribution in [0.2, 0.25) is 0 Å². The van der Waals surface area contributed by atoms with Gasteiger partial charge in [0.15, 0.2) is 0 Å². The highest BCUT2D eigenvalue weighted by atomic mass is 16.5. The molecule has 4 heteroatoms. The summed E-state index contributed by atoms with van der Waals surface area (Å²) in [6.07, 6.45) is 1.33. The van der Waals surface area contributed by atoms with Crippen LogP contribution in [0.15, 0.2) is 12.1 Å². The van der Waals surface area contributed by atoms with Gasteiger partial charge in [-0.2, -0.15) is 4.98 Å². The Balaban J connectivity index is 2.06. The number of pyridine rings is 1. The van der Waals surface area contributed by atoms with Crippen molar-refractivity contribution in [3.8, 4) is 5.88 Å². The Kier molecular flexibility index (Phi) is 3.41. The van der Waals surface area contributed by atoms with Crippen LogP contribution >= 0.6 is 0 Å². The van der Waals surface area contributed by atoms with Gasteiger partial charge in [-0.25, -0.2) is 0 Å². The second kappa shape index (κ2) is 4.82. The molecule has 2 atom stereocenters. The molecule has 1 aromatic rings. The first-order chi connectivity index (χ1) is 8.11. The fourth-order valence-electron chi connectivity index (χ4n) is 2.01. The van der Waals surface area contributed by atoms with E-state index in [0.717, 1.165) is 24.2 Å². The van der Waals surface area contributed by atoms with Gasteiger partial charge in [-0.1, -0.05) is 6.92 Å². The minimum absolute atomic E-state index is 0.542. The van der Waals surface area contributed by atoms with Gasteiger partial charge in [0.2, 0.25) is 5.88 Å². The molecule has 0 radical (unpaired) electrons. The molecule has 0 saturated heterocycles. The Morgan fingerprint density at radius 1 is 1.53 bits per heavy atom. The van der Waals surface area contributed by atoms with Gasteiger partial charge < -0.3 is 15.4 Å². The molecular weight excluding hydrogens is 214 g/mol. The van der Waals surface area contributed by atoms with Crippen LogP contribution in [0, 0.1) is 11.8 Å². The maximum atomic E-state index is 5.81. The van der Waals surface area contributed by atoms with Crippen LogP contribution in [0.25, 0.3) is 0 Å². The van der Waals surface area contributed by atoms with Crippen molar-refractivity contribution in [2.24, 2.45) is 11.8 Å². The number of hydrogen-bond donors (Lipinski definition) is 1. The monoisotopic (exact) mass is 235 g/mol. The Bertz CT molecular complexity index is 394. The SMILES string of the molecule is CCOc1nc(N(C)CC2CC2C)ccc1N. The zero-order valence-electron chi connectivity index (χ0n) is 10.8. The highest BCUT2D eigenvalue weighted by Crippen LogP contribution is 2.38. The molecule has 1 aromatic heterocycles. The molecule has 0 amide bonds. The number of ether oxygens (including phenoxy) is 1. The second-order valence-corrected chi connectivity index (χ2v) is 4.85. The molecule has 2 N–H and O–H groups in total. The van der Waals surface area contributed by atoms with E-state index >= 15 is 0 Å². The third-order valence-electron chi connectivity index (χ3n) is 3.33. The smallest absolute Gasteiger partial charge is 0.239 e. The third-order valence-corrected chi connectivity index (χ3v) is 3.33. The number of hydrogen-bond acceptors (Lipinski definition) is 4. The zero-order chi connectivity index (χ0) is 12.4. The molecule has 0 aromatic carbocycles. The molecule has 4 nitrogen and oxygen atoms in total. The van der Waals surface area contributed by atoms with Crippen LogP contribution < -0.4 is 15.4 Å². The van der Waals surface area contributed by atoms with Crippen LogP contribution in [0.5, 0.6) is 5.88 Å². The van der Waals surface area contributed by atoms with Crippen LogP contribution in [0.3, 0.4) is 0 Å². The van der Waals surface area contributed by atoms with Crippen molar-refractivity contribution in [3.63, 3.8) is 0 Å². The number of rotatable bonds is 5. The summed E-state index contributed by atoms with van der Waals surface area (Å²) in [5.74, 6) is 3.15. The van der Waals surface area contributed by atoms with E-state index in [4.69, 9.17) is 10.5 Å². The molecule has 2 unspecified atom stereocenters. The molecule has 0 bridgehead atoms. The van der Waals surface area contributed by atoms with Crippen LogP contribution in [0.1, 0.15) is 20.3 Å². The summed E-state index contributed by atoms with van der Waals surface area (Å²) >= 11 is 0. The number of aromatic nitrogens is 1. The van der Waals surface area contributed by atoms with Crippen LogP contribution in [-0.4, -0.2) is 25.2 Å². The minimum atomic E-state index is 0.542. The zero-order valence-corrected chi connectivity index (χ0v) is 10.8. The second-order valence-electron chi connectivity index (χ2n) is 4.85. The van der Waals surface area contributed by atoms with Gasteiger partial charge in [0, 0.05) is 13.6 Å². The molecule has 0 aliphatic heterocycles. The summed E-state index contributed by atoms with van der Waals surface area (Å²) in [5.41, 5.74) is 6.41. The van der Waals surface area contributed by atoms with Crippen molar-refractivity contribution < 1.29 is 4.74 Å². The van der Waals surface area contributed by atoms with Gasteiger partial charge in [0.05, 0.1) is 12.3 Å². The lowest BCUT2D eigenvalue weighted by Gasteiger charge is -2.19. The van der Waals surface area contributed by atoms with Crippen molar-refractivity contribution in [1.29, 1.82) is 0 Å². The van der Waals surface area contributed by atoms with E-state index in [0.29, 0.717) is 18.2 Å². The first-order valence-corrected chi connectivity index (χ1v) is 6.22. The summed E-state index contributed by atoms with van der Waals surface area (Å²) in [6.45, 7) is 5.87. The molecule has 1 fully saturated rings. The van der Waals surface area contributed by atoms with E-state index < -0.39 is 0 Å². The fraction of sp³-hybridized carbons (Fsp3) is 0.615. The predicted octanol–water partition coefficient (Wildman–Crippen LogP) is 2.15. The molecule has 1 heterocycles. The van der Waals surface area contributed by atoms with E-state index in [1.807, 2.05) is 19.1 Å². The van der Waals surface area contributed by atoms with Crippen molar-refractivity contribution in [1.82, 2.24) is 4.98 Å². The van der Waals surface area contributed by atoms with Crippen LogP contribution in [-0.2, 0) is 0 Å². The molecule has 1 aliphatic carbocycles. The highest BCUT2D eigenvalue weighted by molar-refractivity contribution is 5.54. The summed E-state index contributed by atoms with van der Waals surface area (Å²) < 4.78 is 5.41. The van der Waals surface area contributed by atoms with Gasteiger partial charge in [-0.05, 0) is 37.3 Å². The maximum Gasteiger partial charge on any atom is 0.239 e. The molecule has 0 spiro atoms. The number of nitrogen functional groups attached to an aromatic ring is 1. The van der Waals surface area contributed by atoms with Crippen molar-refractivity contribution >= 4 is 11.5 Å². The first kappa shape index (κ1) is 12.0. The molecule has 2 rings (SSSR count). The van der Waals surface area contributed by atoms with E-state index in [1.54, 1.807) is 0 Å². The van der Waals surface area contributed by atoms with E-state index in [-0.39, 0.29) is 0 Å². The number of anilines is 2. The Hall–Kier alpha value is -1.45. The summed E-state index contributed by atoms with van der Waals surface area (Å²) in [7, 11) is 2.07. The summed E-state index contributed by atoms with van der Waals surface area (Å²) in [6, 6.07) is 3.81. The number of nitrogens with zero attached hydrogens (tertiary/aromatic N) is 2. The Morgan fingerprint density at radius 3 is 2.82 bits per heavy atom. The van der Waals surface area contributed by atoms with Crippen molar-refractivity contribution in [2.75, 3.05) is 30.8 Å². The molecule has 1 aliphatic rings. The average Bonchev–Trinajstić information content (AvgIpc) is 2.97. The fourth-order valence-corrected chi connectivity index (χ4v) is 2.01. The lowest BCUT2D eigenvalue weighted by Crippen LogP contribution is -2.21. The molecule has 94 valence electrons. The summed E-state index contributed by atoms with van der Waals surface area (Å²) in [4.78, 5) is 6.62. The Labute approximate surface area is 103 Å². The normalized spacial score (nSPS) is 22.3. The van der Waals surface area contributed by atoms with E-state index in [1.165, 1.54) is 6.42 Å². The van der Waals surface area contributed by atoms with Gasteiger partial charge >= 0.3 is 0 Å². The van der Waals surface area contributed by atoms with Gasteiger partial charge in [0.25, 0.3) is 0 Å². The van der Waals surface area contributed by atoms with Crippen molar-refractivity contribution in [3.05, 3.63) is 12.1 Å². The van der Waals surface area contributed by atoms with Crippen LogP contribution in [0.4, 0.5) is 11.5 Å². The predicted molar refractivity (Wildman–Crippen MR) is 70.4 cm³/mol. The van der Waals surface area contributed by atoms with Gasteiger partial charge in [0.1, 0.15) is 5.82 Å². The lowest BCUT2D eigenvalue weighted by atomic mass is 10.3. The quantitative estimate of drug-likeness (QED) is 0.849. The van der Waals surface area contributed by atoms with Gasteiger partial charge in [-0.3, -0.25) is 0 Å². The third kappa shape index (κ3) is 2.81. The minimum Gasteiger partial charge on any atom is -0.476 e. The molecule has 1 saturated carbocycles. The van der Waals surface area contributed by atoms with E-state index in [9.17, 15) is 0 Å². The first-order valence-electron chi connectivity index (χ1n) is 6.22. The molecular formula is C13H21N3O. The Morgan fingerprint density at radius 2 is 2.24 bits per heavy atom. The topological polar surface area (TPSA) is 51.4 Å². The van der Waals surface area contributed by atoms with E-state index in [2.05, 4.69) is 23.9 Å². The lowest BCUT2D eigenvalue weighted by molar-refractivity contribution is 0.329. The average molecular weight is 235 g/mol. The maximum absolute atomic E-state index is 5.81. The van der Waals surface area contributed by atoms with Gasteiger partial charge in [-0.15, -0.1) is 0 Å². The largest absolute Gasteiger partial charge is 0.476 e.